The van der Waals surface area contributed by atoms with Crippen molar-refractivity contribution in [3.05, 3.63) is 111 Å². The molecule has 1 N–H and O–H groups in total. The second-order valence-electron chi connectivity index (χ2n) is 7.60. The van der Waals surface area contributed by atoms with E-state index in [0.29, 0.717) is 27.3 Å². The summed E-state index contributed by atoms with van der Waals surface area (Å²) in [4.78, 5) is 4.35. The van der Waals surface area contributed by atoms with E-state index >= 15 is 4.39 Å². The third kappa shape index (κ3) is 2.98. The fraction of sp³-hybridized carbons (Fsp3) is 0.0833. The lowest BCUT2D eigenvalue weighted by Crippen LogP contribution is -2.32. The van der Waals surface area contributed by atoms with Crippen molar-refractivity contribution in [3.63, 3.8) is 0 Å². The number of nitrogens with zero attached hydrogens (tertiary/aromatic N) is 3. The molecule has 158 valence electrons. The molecule has 2 atom stereocenters. The molecule has 0 spiro atoms. The molecule has 8 heteroatoms. The van der Waals surface area contributed by atoms with Crippen LogP contribution in [0.4, 0.5) is 10.3 Å². The van der Waals surface area contributed by atoms with E-state index in [1.807, 2.05) is 42.5 Å². The molecule has 0 fully saturated rings. The summed E-state index contributed by atoms with van der Waals surface area (Å²) >= 11 is 12.5. The monoisotopic (exact) mass is 464 g/mol. The number of hydrogen-bond donors (Lipinski definition) is 1. The smallest absolute Gasteiger partial charge is 0.226 e. The lowest BCUT2D eigenvalue weighted by Gasteiger charge is -2.39. The highest BCUT2D eigenvalue weighted by atomic mass is 35.5. The first kappa shape index (κ1) is 19.3. The molecule has 0 aliphatic carbocycles. The zero-order chi connectivity index (χ0) is 21.8. The Labute approximate surface area is 193 Å². The van der Waals surface area contributed by atoms with E-state index in [1.54, 1.807) is 22.9 Å². The van der Waals surface area contributed by atoms with E-state index < -0.39 is 12.1 Å². The van der Waals surface area contributed by atoms with E-state index in [0.717, 1.165) is 22.4 Å². The molecule has 3 aromatic carbocycles. The molecule has 1 aromatic heterocycles. The molecular formula is C24H15Cl2FN4O. The Kier molecular flexibility index (Phi) is 4.45. The number of aromatic nitrogens is 3. The van der Waals surface area contributed by atoms with Crippen LogP contribution in [0, 0.1) is 5.82 Å². The van der Waals surface area contributed by atoms with Crippen LogP contribution in [0.15, 0.2) is 78.6 Å². The highest BCUT2D eigenvalue weighted by Crippen LogP contribution is 2.51. The Morgan fingerprint density at radius 1 is 0.969 bits per heavy atom. The maximum Gasteiger partial charge on any atom is 0.226 e. The van der Waals surface area contributed by atoms with Gasteiger partial charge in [-0.05, 0) is 42.0 Å². The Morgan fingerprint density at radius 3 is 2.56 bits per heavy atom. The molecule has 0 bridgehead atoms. The Balaban J connectivity index is 1.65. The van der Waals surface area contributed by atoms with Gasteiger partial charge in [0.2, 0.25) is 5.95 Å². The van der Waals surface area contributed by atoms with Crippen LogP contribution in [0.2, 0.25) is 10.0 Å². The van der Waals surface area contributed by atoms with E-state index in [-0.39, 0.29) is 5.82 Å². The molecule has 2 aliphatic heterocycles. The van der Waals surface area contributed by atoms with Gasteiger partial charge >= 0.3 is 0 Å². The summed E-state index contributed by atoms with van der Waals surface area (Å²) in [5.74, 6) is 0.847. The maximum absolute atomic E-state index is 15.1. The molecule has 0 radical (unpaired) electrons. The summed E-state index contributed by atoms with van der Waals surface area (Å²) < 4.78 is 23.3. The van der Waals surface area contributed by atoms with Gasteiger partial charge in [-0.3, -0.25) is 0 Å². The molecular weight excluding hydrogens is 450 g/mol. The van der Waals surface area contributed by atoms with Crippen LogP contribution >= 0.6 is 23.2 Å². The minimum absolute atomic E-state index is 0.334. The number of benzene rings is 3. The Hall–Kier alpha value is -3.35. The molecule has 0 saturated heterocycles. The molecule has 3 heterocycles. The molecule has 32 heavy (non-hydrogen) atoms. The predicted molar refractivity (Wildman–Crippen MR) is 121 cm³/mol. The molecule has 0 amide bonds. The number of nitrogens with one attached hydrogen (secondary N) is 1. The first-order valence-corrected chi connectivity index (χ1v) is 10.7. The zero-order valence-electron chi connectivity index (χ0n) is 16.5. The van der Waals surface area contributed by atoms with Gasteiger partial charge in [-0.2, -0.15) is 10.1 Å². The molecule has 0 saturated carbocycles. The van der Waals surface area contributed by atoms with Crippen molar-refractivity contribution in [1.29, 1.82) is 0 Å². The van der Waals surface area contributed by atoms with Crippen LogP contribution < -0.4 is 10.1 Å². The standard InChI is InChI=1S/C24H15Cl2FN4O/c25-14-7-5-13(6-8-14)23-20-21(17-11-15(26)9-10-19(17)32-23)30-24-28-12-29-31(24)22(20)16-3-1-2-4-18(16)27/h1-12,22-23H,(H,28,29,30)/t22-,23+/m0/s1. The normalized spacial score (nSPS) is 18.8. The summed E-state index contributed by atoms with van der Waals surface area (Å²) in [5, 5.41) is 8.97. The van der Waals surface area contributed by atoms with Gasteiger partial charge in [0.25, 0.3) is 0 Å². The Morgan fingerprint density at radius 2 is 1.75 bits per heavy atom. The summed E-state index contributed by atoms with van der Waals surface area (Å²) in [5.41, 5.74) is 3.73. The third-order valence-corrected chi connectivity index (χ3v) is 6.24. The molecule has 6 rings (SSSR count). The summed E-state index contributed by atoms with van der Waals surface area (Å²) in [7, 11) is 0. The second kappa shape index (κ2) is 7.36. The van der Waals surface area contributed by atoms with E-state index in [2.05, 4.69) is 15.4 Å². The minimum atomic E-state index is -0.572. The second-order valence-corrected chi connectivity index (χ2v) is 8.47. The lowest BCUT2D eigenvalue weighted by molar-refractivity contribution is 0.222. The molecule has 0 unspecified atom stereocenters. The van der Waals surface area contributed by atoms with Gasteiger partial charge in [0.1, 0.15) is 30.0 Å². The number of hydrogen-bond acceptors (Lipinski definition) is 4. The van der Waals surface area contributed by atoms with Gasteiger partial charge in [-0.25, -0.2) is 9.07 Å². The van der Waals surface area contributed by atoms with Crippen molar-refractivity contribution >= 4 is 34.8 Å². The van der Waals surface area contributed by atoms with Crippen molar-refractivity contribution in [1.82, 2.24) is 14.8 Å². The average molecular weight is 465 g/mol. The lowest BCUT2D eigenvalue weighted by atomic mass is 9.84. The van der Waals surface area contributed by atoms with Crippen LogP contribution in [0.5, 0.6) is 5.75 Å². The predicted octanol–water partition coefficient (Wildman–Crippen LogP) is 6.28. The van der Waals surface area contributed by atoms with Crippen molar-refractivity contribution in [2.45, 2.75) is 12.1 Å². The first-order chi connectivity index (χ1) is 15.6. The van der Waals surface area contributed by atoms with Gasteiger partial charge in [-0.15, -0.1) is 0 Å². The summed E-state index contributed by atoms with van der Waals surface area (Å²) in [6.45, 7) is 0. The molecule has 2 aliphatic rings. The molecule has 5 nitrogen and oxygen atoms in total. The van der Waals surface area contributed by atoms with Crippen LogP contribution in [-0.2, 0) is 0 Å². The highest BCUT2D eigenvalue weighted by molar-refractivity contribution is 6.31. The van der Waals surface area contributed by atoms with Gasteiger partial charge in [-0.1, -0.05) is 53.5 Å². The van der Waals surface area contributed by atoms with Gasteiger partial charge in [0, 0.05) is 26.7 Å². The van der Waals surface area contributed by atoms with Crippen molar-refractivity contribution in [3.8, 4) is 5.75 Å². The molecule has 4 aromatic rings. The fourth-order valence-corrected chi connectivity index (χ4v) is 4.65. The van der Waals surface area contributed by atoms with Crippen LogP contribution in [0.1, 0.15) is 28.8 Å². The van der Waals surface area contributed by atoms with Gasteiger partial charge in [0.05, 0.1) is 5.70 Å². The highest BCUT2D eigenvalue weighted by Gasteiger charge is 2.41. The third-order valence-electron chi connectivity index (χ3n) is 5.75. The van der Waals surface area contributed by atoms with Crippen LogP contribution in [0.25, 0.3) is 5.70 Å². The van der Waals surface area contributed by atoms with Gasteiger partial charge < -0.3 is 10.1 Å². The van der Waals surface area contributed by atoms with Gasteiger partial charge in [0.15, 0.2) is 0 Å². The summed E-state index contributed by atoms with van der Waals surface area (Å²) in [6.07, 6.45) is 0.941. The van der Waals surface area contributed by atoms with Crippen molar-refractivity contribution in [2.75, 3.05) is 5.32 Å². The minimum Gasteiger partial charge on any atom is -0.480 e. The van der Waals surface area contributed by atoms with Crippen molar-refractivity contribution < 1.29 is 9.13 Å². The Bertz CT molecular complexity index is 1380. The van der Waals surface area contributed by atoms with Crippen LogP contribution in [0.3, 0.4) is 0 Å². The number of fused-ring (bicyclic) bond motifs is 3. The first-order valence-electron chi connectivity index (χ1n) is 9.97. The number of anilines is 1. The van der Waals surface area contributed by atoms with E-state index in [9.17, 15) is 0 Å². The SMILES string of the molecule is Fc1ccccc1[C@H]1C2=C(Nc3ncnn31)c1cc(Cl)ccc1O[C@@H]2c1ccc(Cl)cc1. The number of ether oxygens (including phenoxy) is 1. The largest absolute Gasteiger partial charge is 0.480 e. The summed E-state index contributed by atoms with van der Waals surface area (Å²) in [6, 6.07) is 19.0. The average Bonchev–Trinajstić information content (AvgIpc) is 3.27. The quantitative estimate of drug-likeness (QED) is 0.379. The topological polar surface area (TPSA) is 52.0 Å². The van der Waals surface area contributed by atoms with Crippen molar-refractivity contribution in [2.24, 2.45) is 0 Å². The maximum atomic E-state index is 15.1. The van der Waals surface area contributed by atoms with E-state index in [1.165, 1.54) is 12.4 Å². The van der Waals surface area contributed by atoms with E-state index in [4.69, 9.17) is 27.9 Å². The van der Waals surface area contributed by atoms with Crippen LogP contribution in [-0.4, -0.2) is 14.8 Å². The zero-order valence-corrected chi connectivity index (χ0v) is 18.0. The number of rotatable bonds is 2. The number of halogens is 3. The fourth-order valence-electron chi connectivity index (χ4n) is 4.35.